The first kappa shape index (κ1) is 12.1. The zero-order valence-electron chi connectivity index (χ0n) is 7.28. The zero-order valence-corrected chi connectivity index (χ0v) is 9.61. The van der Waals surface area contributed by atoms with E-state index in [0.717, 1.165) is 4.90 Å². The lowest BCUT2D eigenvalue weighted by Crippen LogP contribution is -2.14. The lowest BCUT2D eigenvalue weighted by Gasteiger charge is -2.07. The number of hydrogen-bond donors (Lipinski definition) is 2. The Hall–Kier alpha value is 0.0700. The van der Waals surface area contributed by atoms with Gasteiger partial charge < -0.3 is 10.2 Å². The van der Waals surface area contributed by atoms with Crippen molar-refractivity contribution in [2.24, 2.45) is 0 Å². The van der Waals surface area contributed by atoms with Gasteiger partial charge in [-0.25, -0.2) is 0 Å². The van der Waals surface area contributed by atoms with Crippen LogP contribution in [0.25, 0.3) is 0 Å². The summed E-state index contributed by atoms with van der Waals surface area (Å²) in [6.45, 7) is -0.245. The number of aliphatic hydroxyl groups excluding tert-OH is 2. The Kier molecular flexibility index (Phi) is 5.06. The first-order valence-corrected chi connectivity index (χ1v) is 5.74. The summed E-state index contributed by atoms with van der Waals surface area (Å²) in [6.07, 6.45) is -0.727. The van der Waals surface area contributed by atoms with E-state index in [2.05, 4.69) is 0 Å². The van der Waals surface area contributed by atoms with Crippen molar-refractivity contribution in [1.82, 2.24) is 0 Å². The lowest BCUT2D eigenvalue weighted by molar-refractivity contribution is 0.113. The molecule has 1 rings (SSSR count). The van der Waals surface area contributed by atoms with Crippen molar-refractivity contribution in [1.29, 1.82) is 0 Å². The predicted octanol–water partition coefficient (Wildman–Crippen LogP) is 2.44. The van der Waals surface area contributed by atoms with Gasteiger partial charge in [0.1, 0.15) is 0 Å². The van der Waals surface area contributed by atoms with Crippen LogP contribution in [0.2, 0.25) is 10.0 Å². The van der Waals surface area contributed by atoms with Crippen LogP contribution < -0.4 is 0 Å². The molecule has 0 saturated carbocycles. The second-order valence-corrected chi connectivity index (χ2v) is 4.63. The maximum Gasteiger partial charge on any atom is 0.0864 e. The molecule has 14 heavy (non-hydrogen) atoms. The van der Waals surface area contributed by atoms with Gasteiger partial charge in [0.05, 0.1) is 17.7 Å². The monoisotopic (exact) mass is 252 g/mol. The van der Waals surface area contributed by atoms with Gasteiger partial charge in [0.15, 0.2) is 0 Å². The minimum absolute atomic E-state index is 0.245. The molecule has 0 spiro atoms. The molecular formula is C9H10Cl2O2S. The van der Waals surface area contributed by atoms with E-state index in [4.69, 9.17) is 33.4 Å². The number of rotatable bonds is 4. The molecule has 0 aliphatic rings. The largest absolute Gasteiger partial charge is 0.394 e. The van der Waals surface area contributed by atoms with Crippen LogP contribution in [-0.4, -0.2) is 28.7 Å². The van der Waals surface area contributed by atoms with Crippen LogP contribution in [-0.2, 0) is 0 Å². The van der Waals surface area contributed by atoms with E-state index < -0.39 is 6.10 Å². The fourth-order valence-electron chi connectivity index (χ4n) is 0.826. The van der Waals surface area contributed by atoms with E-state index in [9.17, 15) is 0 Å². The molecule has 0 bridgehead atoms. The van der Waals surface area contributed by atoms with Gasteiger partial charge in [-0.2, -0.15) is 0 Å². The third kappa shape index (κ3) is 3.67. The average Bonchev–Trinajstić information content (AvgIpc) is 2.19. The first-order valence-electron chi connectivity index (χ1n) is 4.00. The van der Waals surface area contributed by atoms with Crippen molar-refractivity contribution in [3.63, 3.8) is 0 Å². The molecule has 0 fully saturated rings. The molecule has 1 aromatic carbocycles. The first-order chi connectivity index (χ1) is 6.63. The third-order valence-corrected chi connectivity index (χ3v) is 3.41. The SMILES string of the molecule is OCC(O)CSc1cc(Cl)ccc1Cl. The smallest absolute Gasteiger partial charge is 0.0864 e. The van der Waals surface area contributed by atoms with Crippen LogP contribution in [0.4, 0.5) is 0 Å². The number of benzene rings is 1. The predicted molar refractivity (Wildman–Crippen MR) is 60.3 cm³/mol. The Morgan fingerprint density at radius 3 is 2.71 bits per heavy atom. The van der Waals surface area contributed by atoms with Gasteiger partial charge in [-0.15, -0.1) is 11.8 Å². The second kappa shape index (κ2) is 5.83. The van der Waals surface area contributed by atoms with Gasteiger partial charge in [-0.3, -0.25) is 0 Å². The molecule has 2 N–H and O–H groups in total. The summed E-state index contributed by atoms with van der Waals surface area (Å²) in [5.41, 5.74) is 0. The van der Waals surface area contributed by atoms with Crippen LogP contribution in [0.5, 0.6) is 0 Å². The second-order valence-electron chi connectivity index (χ2n) is 2.72. The van der Waals surface area contributed by atoms with E-state index in [-0.39, 0.29) is 6.61 Å². The zero-order chi connectivity index (χ0) is 10.6. The van der Waals surface area contributed by atoms with Crippen molar-refractivity contribution in [3.8, 4) is 0 Å². The molecule has 0 saturated heterocycles. The third-order valence-electron chi connectivity index (χ3n) is 1.54. The Labute approximate surface area is 96.8 Å². The van der Waals surface area contributed by atoms with Crippen LogP contribution >= 0.6 is 35.0 Å². The maximum atomic E-state index is 9.13. The lowest BCUT2D eigenvalue weighted by atomic mass is 10.4. The molecule has 2 nitrogen and oxygen atoms in total. The molecule has 1 unspecified atom stereocenters. The molecule has 0 aliphatic carbocycles. The van der Waals surface area contributed by atoms with Crippen molar-refractivity contribution in [3.05, 3.63) is 28.2 Å². The van der Waals surface area contributed by atoms with Gasteiger partial charge >= 0.3 is 0 Å². The standard InChI is InChI=1S/C9H10Cl2O2S/c10-6-1-2-8(11)9(3-6)14-5-7(13)4-12/h1-3,7,12-13H,4-5H2. The van der Waals surface area contributed by atoms with Crippen molar-refractivity contribution in [2.75, 3.05) is 12.4 Å². The molecule has 0 aliphatic heterocycles. The van der Waals surface area contributed by atoms with Crippen molar-refractivity contribution < 1.29 is 10.2 Å². The van der Waals surface area contributed by atoms with Gasteiger partial charge in [0.25, 0.3) is 0 Å². The van der Waals surface area contributed by atoms with Crippen LogP contribution in [0.1, 0.15) is 0 Å². The van der Waals surface area contributed by atoms with Gasteiger partial charge in [-0.05, 0) is 18.2 Å². The Morgan fingerprint density at radius 2 is 2.07 bits per heavy atom. The number of halogens is 2. The summed E-state index contributed by atoms with van der Waals surface area (Å²) in [7, 11) is 0. The summed E-state index contributed by atoms with van der Waals surface area (Å²) >= 11 is 13.0. The summed E-state index contributed by atoms with van der Waals surface area (Å²) in [5, 5.41) is 19.0. The van der Waals surface area contributed by atoms with E-state index in [1.54, 1.807) is 18.2 Å². The highest BCUT2D eigenvalue weighted by molar-refractivity contribution is 7.99. The number of hydrogen-bond acceptors (Lipinski definition) is 3. The van der Waals surface area contributed by atoms with Gasteiger partial charge in [-0.1, -0.05) is 23.2 Å². The highest BCUT2D eigenvalue weighted by Gasteiger charge is 2.06. The molecule has 0 heterocycles. The highest BCUT2D eigenvalue weighted by atomic mass is 35.5. The highest BCUT2D eigenvalue weighted by Crippen LogP contribution is 2.30. The Morgan fingerprint density at radius 1 is 1.36 bits per heavy atom. The van der Waals surface area contributed by atoms with Gasteiger partial charge in [0, 0.05) is 15.7 Å². The van der Waals surface area contributed by atoms with E-state index >= 15 is 0 Å². The van der Waals surface area contributed by atoms with Crippen molar-refractivity contribution in [2.45, 2.75) is 11.0 Å². The summed E-state index contributed by atoms with van der Waals surface area (Å²) < 4.78 is 0. The molecule has 78 valence electrons. The topological polar surface area (TPSA) is 40.5 Å². The molecular weight excluding hydrogens is 243 g/mol. The van der Waals surface area contributed by atoms with E-state index in [1.807, 2.05) is 0 Å². The molecule has 1 atom stereocenters. The maximum absolute atomic E-state index is 9.13. The minimum atomic E-state index is -0.727. The van der Waals surface area contributed by atoms with Crippen LogP contribution in [0.3, 0.4) is 0 Å². The summed E-state index contributed by atoms with van der Waals surface area (Å²) in [6, 6.07) is 5.15. The summed E-state index contributed by atoms with van der Waals surface area (Å²) in [4.78, 5) is 0.812. The average molecular weight is 253 g/mol. The van der Waals surface area contributed by atoms with E-state index in [0.29, 0.717) is 15.8 Å². The fraction of sp³-hybridized carbons (Fsp3) is 0.333. The summed E-state index contributed by atoms with van der Waals surface area (Å²) in [5.74, 6) is 0.399. The van der Waals surface area contributed by atoms with Gasteiger partial charge in [0.2, 0.25) is 0 Å². The normalized spacial score (nSPS) is 12.9. The molecule has 0 aromatic heterocycles. The number of thioether (sulfide) groups is 1. The molecule has 1 aromatic rings. The number of aliphatic hydroxyl groups is 2. The Balaban J connectivity index is 2.62. The van der Waals surface area contributed by atoms with Crippen LogP contribution in [0.15, 0.2) is 23.1 Å². The van der Waals surface area contributed by atoms with Crippen molar-refractivity contribution >= 4 is 35.0 Å². The fourth-order valence-corrected chi connectivity index (χ4v) is 2.24. The minimum Gasteiger partial charge on any atom is -0.394 e. The quantitative estimate of drug-likeness (QED) is 0.810. The molecule has 0 amide bonds. The molecule has 0 radical (unpaired) electrons. The Bertz CT molecular complexity index is 307. The molecule has 5 heteroatoms. The van der Waals surface area contributed by atoms with E-state index in [1.165, 1.54) is 11.8 Å². The van der Waals surface area contributed by atoms with Crippen LogP contribution in [0, 0.1) is 0 Å².